The van der Waals surface area contributed by atoms with Gasteiger partial charge in [-0.1, -0.05) is 5.92 Å². The third-order valence-electron chi connectivity index (χ3n) is 4.69. The minimum absolute atomic E-state index is 0.00722. The normalized spacial score (nSPS) is 26.9. The fourth-order valence-corrected chi connectivity index (χ4v) is 3.60. The van der Waals surface area contributed by atoms with Crippen LogP contribution in [0, 0.1) is 12.3 Å². The Kier molecular flexibility index (Phi) is 2.76. The molecule has 21 heavy (non-hydrogen) atoms. The van der Waals surface area contributed by atoms with Crippen molar-refractivity contribution in [3.05, 3.63) is 41.7 Å². The minimum atomic E-state index is -0.00722. The third kappa shape index (κ3) is 2.01. The van der Waals surface area contributed by atoms with Gasteiger partial charge in [0.2, 0.25) is 0 Å². The lowest BCUT2D eigenvalue weighted by Gasteiger charge is -2.21. The van der Waals surface area contributed by atoms with E-state index in [0.29, 0.717) is 17.6 Å². The summed E-state index contributed by atoms with van der Waals surface area (Å²) in [6.07, 6.45) is 12.6. The van der Waals surface area contributed by atoms with Crippen molar-refractivity contribution in [2.75, 3.05) is 0 Å². The number of nitrogens with one attached hydrogen (secondary N) is 2. The standard InChI is InChI=1S/C17H17N3O/c1-2-11-7-8-20-10-12(3-6-16(11)20)17(21)19-15-9-13-4-5-14(15)18-13/h1,3,6-8,10,13-15,18H,4-5,9H2,(H,19,21). The number of terminal acetylenes is 1. The molecule has 0 spiro atoms. The third-order valence-corrected chi connectivity index (χ3v) is 4.69. The molecule has 4 heterocycles. The molecule has 4 nitrogen and oxygen atoms in total. The molecule has 1 amide bonds. The van der Waals surface area contributed by atoms with E-state index >= 15 is 0 Å². The van der Waals surface area contributed by atoms with Gasteiger partial charge < -0.3 is 15.0 Å². The smallest absolute Gasteiger partial charge is 0.253 e. The lowest BCUT2D eigenvalue weighted by atomic mass is 9.95. The highest BCUT2D eigenvalue weighted by atomic mass is 16.1. The molecule has 4 rings (SSSR count). The number of nitrogens with zero attached hydrogens (tertiary/aromatic N) is 1. The zero-order valence-electron chi connectivity index (χ0n) is 11.7. The van der Waals surface area contributed by atoms with E-state index in [1.54, 1.807) is 0 Å². The topological polar surface area (TPSA) is 45.5 Å². The van der Waals surface area contributed by atoms with Gasteiger partial charge in [-0.2, -0.15) is 0 Å². The average Bonchev–Trinajstić information content (AvgIpc) is 3.21. The molecule has 2 N–H and O–H groups in total. The monoisotopic (exact) mass is 279 g/mol. The lowest BCUT2D eigenvalue weighted by molar-refractivity contribution is 0.0930. The quantitative estimate of drug-likeness (QED) is 0.819. The second-order valence-electron chi connectivity index (χ2n) is 5.95. The first-order valence-corrected chi connectivity index (χ1v) is 7.39. The van der Waals surface area contributed by atoms with Gasteiger partial charge in [0.05, 0.1) is 11.1 Å². The summed E-state index contributed by atoms with van der Waals surface area (Å²) in [4.78, 5) is 12.4. The number of rotatable bonds is 2. The van der Waals surface area contributed by atoms with Crippen molar-refractivity contribution in [1.82, 2.24) is 15.0 Å². The molecular weight excluding hydrogens is 262 g/mol. The van der Waals surface area contributed by atoms with Gasteiger partial charge in [0.25, 0.3) is 5.91 Å². The summed E-state index contributed by atoms with van der Waals surface area (Å²) in [6, 6.07) is 6.93. The summed E-state index contributed by atoms with van der Waals surface area (Å²) in [5.74, 6) is 2.64. The summed E-state index contributed by atoms with van der Waals surface area (Å²) in [7, 11) is 0. The van der Waals surface area contributed by atoms with Crippen LogP contribution in [0.4, 0.5) is 0 Å². The van der Waals surface area contributed by atoms with Crippen LogP contribution in [0.2, 0.25) is 0 Å². The van der Waals surface area contributed by atoms with Crippen LogP contribution in [0.25, 0.3) is 5.52 Å². The lowest BCUT2D eigenvalue weighted by Crippen LogP contribution is -2.42. The van der Waals surface area contributed by atoms with Crippen LogP contribution in [-0.4, -0.2) is 28.4 Å². The van der Waals surface area contributed by atoms with Crippen molar-refractivity contribution in [3.63, 3.8) is 0 Å². The zero-order chi connectivity index (χ0) is 14.4. The second kappa shape index (κ2) is 4.64. The van der Waals surface area contributed by atoms with Crippen molar-refractivity contribution in [2.45, 2.75) is 37.4 Å². The van der Waals surface area contributed by atoms with Gasteiger partial charge in [-0.3, -0.25) is 4.79 Å². The number of pyridine rings is 1. The van der Waals surface area contributed by atoms with Crippen molar-refractivity contribution in [2.24, 2.45) is 0 Å². The molecule has 0 aromatic carbocycles. The highest BCUT2D eigenvalue weighted by Gasteiger charge is 2.39. The van der Waals surface area contributed by atoms with E-state index in [2.05, 4.69) is 16.6 Å². The zero-order valence-corrected chi connectivity index (χ0v) is 11.7. The maximum Gasteiger partial charge on any atom is 0.253 e. The Labute approximate surface area is 123 Å². The molecule has 3 unspecified atom stereocenters. The molecule has 2 aromatic rings. The number of fused-ring (bicyclic) bond motifs is 3. The van der Waals surface area contributed by atoms with Crippen molar-refractivity contribution < 1.29 is 4.79 Å². The van der Waals surface area contributed by atoms with Crippen LogP contribution in [0.15, 0.2) is 30.6 Å². The molecule has 0 aliphatic carbocycles. The van der Waals surface area contributed by atoms with E-state index in [-0.39, 0.29) is 11.9 Å². The number of hydrogen-bond acceptors (Lipinski definition) is 2. The van der Waals surface area contributed by atoms with E-state index in [4.69, 9.17) is 6.42 Å². The van der Waals surface area contributed by atoms with Gasteiger partial charge in [0, 0.05) is 36.1 Å². The molecule has 4 heteroatoms. The van der Waals surface area contributed by atoms with Crippen LogP contribution in [0.1, 0.15) is 35.2 Å². The Balaban J connectivity index is 1.55. The van der Waals surface area contributed by atoms with E-state index in [1.807, 2.05) is 35.0 Å². The molecule has 2 aliphatic heterocycles. The summed E-state index contributed by atoms with van der Waals surface area (Å²) < 4.78 is 1.91. The van der Waals surface area contributed by atoms with Gasteiger partial charge in [0.1, 0.15) is 0 Å². The molecule has 2 saturated heterocycles. The molecule has 0 saturated carbocycles. The van der Waals surface area contributed by atoms with E-state index in [9.17, 15) is 4.79 Å². The fourth-order valence-electron chi connectivity index (χ4n) is 3.60. The predicted octanol–water partition coefficient (Wildman–Crippen LogP) is 1.54. The number of amides is 1. The minimum Gasteiger partial charge on any atom is -0.348 e. The number of carbonyl (C=O) groups excluding carboxylic acids is 1. The molecule has 106 valence electrons. The van der Waals surface area contributed by atoms with Crippen molar-refractivity contribution in [3.8, 4) is 12.3 Å². The Hall–Kier alpha value is -2.25. The van der Waals surface area contributed by atoms with Crippen LogP contribution >= 0.6 is 0 Å². The summed E-state index contributed by atoms with van der Waals surface area (Å²) in [5, 5.41) is 6.69. The second-order valence-corrected chi connectivity index (χ2v) is 5.95. The van der Waals surface area contributed by atoms with Crippen molar-refractivity contribution in [1.29, 1.82) is 0 Å². The number of aromatic nitrogens is 1. The molecular formula is C17H17N3O. The average molecular weight is 279 g/mol. The van der Waals surface area contributed by atoms with Crippen molar-refractivity contribution >= 4 is 11.4 Å². The first-order valence-electron chi connectivity index (χ1n) is 7.39. The Morgan fingerprint density at radius 1 is 1.38 bits per heavy atom. The maximum atomic E-state index is 12.4. The summed E-state index contributed by atoms with van der Waals surface area (Å²) in [6.45, 7) is 0. The van der Waals surface area contributed by atoms with Crippen LogP contribution in [0.3, 0.4) is 0 Å². The Morgan fingerprint density at radius 2 is 2.29 bits per heavy atom. The number of hydrogen-bond donors (Lipinski definition) is 2. The van der Waals surface area contributed by atoms with Crippen LogP contribution in [0.5, 0.6) is 0 Å². The van der Waals surface area contributed by atoms with Crippen LogP contribution in [-0.2, 0) is 0 Å². The van der Waals surface area contributed by atoms with E-state index in [1.165, 1.54) is 6.42 Å². The highest BCUT2D eigenvalue weighted by molar-refractivity contribution is 5.94. The number of carbonyl (C=O) groups is 1. The van der Waals surface area contributed by atoms with Gasteiger partial charge >= 0.3 is 0 Å². The molecule has 2 aromatic heterocycles. The van der Waals surface area contributed by atoms with Gasteiger partial charge in [0.15, 0.2) is 0 Å². The molecule has 0 radical (unpaired) electrons. The fraction of sp³-hybridized carbons (Fsp3) is 0.353. The predicted molar refractivity (Wildman–Crippen MR) is 81.1 cm³/mol. The SMILES string of the molecule is C#Cc1ccn2cc(C(=O)NC3CC4CCC3N4)ccc12. The van der Waals surface area contributed by atoms with Gasteiger partial charge in [-0.25, -0.2) is 0 Å². The first kappa shape index (κ1) is 12.5. The van der Waals surface area contributed by atoms with E-state index < -0.39 is 0 Å². The van der Waals surface area contributed by atoms with Gasteiger partial charge in [-0.15, -0.1) is 6.42 Å². The first-order chi connectivity index (χ1) is 10.2. The maximum absolute atomic E-state index is 12.4. The van der Waals surface area contributed by atoms with E-state index in [0.717, 1.165) is 23.9 Å². The van der Waals surface area contributed by atoms with Gasteiger partial charge in [-0.05, 0) is 37.5 Å². The molecule has 2 bridgehead atoms. The Bertz CT molecular complexity index is 755. The summed E-state index contributed by atoms with van der Waals surface area (Å²) >= 11 is 0. The highest BCUT2D eigenvalue weighted by Crippen LogP contribution is 2.28. The molecule has 2 aliphatic rings. The summed E-state index contributed by atoms with van der Waals surface area (Å²) in [5.41, 5.74) is 2.47. The molecule has 2 fully saturated rings. The largest absolute Gasteiger partial charge is 0.348 e. The Morgan fingerprint density at radius 3 is 3.00 bits per heavy atom. The van der Waals surface area contributed by atoms with Crippen LogP contribution < -0.4 is 10.6 Å². The molecule has 3 atom stereocenters.